The molecule has 5 N–H and O–H groups in total. The summed E-state index contributed by atoms with van der Waals surface area (Å²) in [5, 5.41) is 19.1. The average molecular weight is 1100 g/mol. The minimum absolute atomic E-state index is 0.0391. The Kier molecular flexibility index (Phi) is 22.7. The molecule has 0 aliphatic heterocycles. The highest BCUT2D eigenvalue weighted by Crippen LogP contribution is 2.42. The first-order valence-electron chi connectivity index (χ1n) is 25.0. The van der Waals surface area contributed by atoms with E-state index < -0.39 is 83.8 Å². The molecule has 0 saturated carbocycles. The van der Waals surface area contributed by atoms with Crippen molar-refractivity contribution < 1.29 is 56.9 Å². The number of nitrogen functional groups attached to an aromatic ring is 1. The fourth-order valence-corrected chi connectivity index (χ4v) is 8.24. The molecule has 0 saturated heterocycles. The molecule has 0 aliphatic rings. The molecule has 2 aromatic carbocycles. The van der Waals surface area contributed by atoms with Crippen molar-refractivity contribution in [3.05, 3.63) is 82.5 Å². The predicted molar refractivity (Wildman–Crippen MR) is 290 cm³/mol. The number of hydrogen-bond donors (Lipinski definition) is 4. The fraction of sp³-hybridized carbons (Fsp3) is 0.491. The van der Waals surface area contributed by atoms with Gasteiger partial charge < -0.3 is 49.8 Å². The molecule has 77 heavy (non-hydrogen) atoms. The molecule has 7 atom stereocenters. The number of halogens is 1. The fourth-order valence-electron chi connectivity index (χ4n) is 7.24. The van der Waals surface area contributed by atoms with Crippen LogP contribution in [0, 0.1) is 35.7 Å². The predicted octanol–water partition coefficient (Wildman–Crippen LogP) is 10.2. The summed E-state index contributed by atoms with van der Waals surface area (Å²) in [6, 6.07) is 12.2. The summed E-state index contributed by atoms with van der Waals surface area (Å²) in [5.74, 6) is -3.72. The number of alkyl carbamates (subject to hydrolysis) is 2. The number of rotatable bonds is 24. The van der Waals surface area contributed by atoms with E-state index in [4.69, 9.17) is 52.0 Å². The molecule has 20 nitrogen and oxygen atoms in total. The topological polar surface area (TPSA) is 278 Å². The first-order valence-corrected chi connectivity index (χ1v) is 26.4. The SMILES string of the molecule is [C-]#[N+]c1c(N)nc(SCc2coc(-c3ccc(Cl)cc3)n2)c(C#N)c1-c1ccc(OC[C@@H](COC(=O)[C@H](C)CC(=O)[C@@H](NC(=O)OC(C)(C)C)[C@@H](C)CC)OC(=O)[C@H](C)NC(=O)[C@@H](NC(=O)OC(C)(C)C)[C@@H](C)CC)cc1. The number of ether oxygens (including phenoxy) is 5. The maximum Gasteiger partial charge on any atom is 0.408 e. The highest BCUT2D eigenvalue weighted by atomic mass is 35.5. The van der Waals surface area contributed by atoms with E-state index in [-0.39, 0.29) is 64.0 Å². The third kappa shape index (κ3) is 19.0. The number of hydrogen-bond acceptors (Lipinski definition) is 17. The zero-order chi connectivity index (χ0) is 57.4. The van der Waals surface area contributed by atoms with Crippen LogP contribution in [-0.2, 0) is 43.9 Å². The van der Waals surface area contributed by atoms with Gasteiger partial charge in [-0.1, -0.05) is 83.0 Å². The van der Waals surface area contributed by atoms with Gasteiger partial charge in [-0.15, -0.1) is 0 Å². The van der Waals surface area contributed by atoms with Gasteiger partial charge in [0, 0.05) is 28.3 Å². The van der Waals surface area contributed by atoms with Gasteiger partial charge in [-0.25, -0.2) is 29.2 Å². The number of Topliss-reactive ketones (excluding diaryl/α,β-unsaturated/α-hetero) is 1. The summed E-state index contributed by atoms with van der Waals surface area (Å²) in [6.07, 6.45) is -0.647. The number of esters is 2. The maximum absolute atomic E-state index is 13.7. The number of aromatic nitrogens is 2. The van der Waals surface area contributed by atoms with Crippen LogP contribution in [0.3, 0.4) is 0 Å². The molecule has 0 unspecified atom stereocenters. The highest BCUT2D eigenvalue weighted by Gasteiger charge is 2.34. The zero-order valence-electron chi connectivity index (χ0n) is 45.5. The van der Waals surface area contributed by atoms with Gasteiger partial charge in [0.05, 0.1) is 29.8 Å². The van der Waals surface area contributed by atoms with Crippen molar-refractivity contribution in [2.45, 2.75) is 149 Å². The lowest BCUT2D eigenvalue weighted by atomic mass is 9.91. The minimum atomic E-state index is -1.29. The molecular weight excluding hydrogens is 1030 g/mol. The first-order chi connectivity index (χ1) is 36.2. The quantitative estimate of drug-likeness (QED) is 0.0220. The van der Waals surface area contributed by atoms with Crippen LogP contribution in [0.5, 0.6) is 5.75 Å². The number of nitrogens with zero attached hydrogens (tertiary/aromatic N) is 4. The molecule has 414 valence electrons. The van der Waals surface area contributed by atoms with Gasteiger partial charge in [0.15, 0.2) is 11.9 Å². The summed E-state index contributed by atoms with van der Waals surface area (Å²) in [4.78, 5) is 92.2. The minimum Gasteiger partial charge on any atom is -0.490 e. The lowest BCUT2D eigenvalue weighted by Crippen LogP contribution is -2.54. The van der Waals surface area contributed by atoms with Gasteiger partial charge in [0.1, 0.15) is 65.4 Å². The number of pyridine rings is 1. The van der Waals surface area contributed by atoms with Crippen molar-refractivity contribution in [1.82, 2.24) is 25.9 Å². The molecule has 0 bridgehead atoms. The number of nitrogens with two attached hydrogens (primary N) is 1. The standard InChI is InChI=1S/C55H69ClN8O12S/c1-14-30(3)43(62-52(69)75-54(7,8)9)41(65)24-32(5)50(67)73-28-39(74-51(68)33(6)60-47(66)44(31(4)15-2)63-53(70)76-55(10,11)12)27-71-38-22-18-34(19-23-38)42-40(25-57)49(64-46(58)45(42)59-13)77-29-37-26-72-48(61-37)35-16-20-36(56)21-17-35/h16-23,26,30-33,39,43-44H,14-15,24,27-29H2,1-12H3,(H2,58,64)(H,60,66)(H,62,69)(H,63,70)/t30-,31-,32+,33-,39-,43-,44-/m0/s1. The van der Waals surface area contributed by atoms with Crippen LogP contribution in [0.2, 0.25) is 5.02 Å². The van der Waals surface area contributed by atoms with Gasteiger partial charge in [-0.05, 0) is 102 Å². The van der Waals surface area contributed by atoms with Crippen LogP contribution < -0.4 is 26.4 Å². The van der Waals surface area contributed by atoms with Gasteiger partial charge >= 0.3 is 24.1 Å². The van der Waals surface area contributed by atoms with Crippen molar-refractivity contribution >= 4 is 70.7 Å². The van der Waals surface area contributed by atoms with E-state index in [1.807, 2.05) is 13.8 Å². The molecule has 0 spiro atoms. The van der Waals surface area contributed by atoms with Crippen LogP contribution in [0.1, 0.15) is 114 Å². The Morgan fingerprint density at radius 2 is 1.39 bits per heavy atom. The van der Waals surface area contributed by atoms with E-state index in [1.54, 1.807) is 104 Å². The van der Waals surface area contributed by atoms with Crippen molar-refractivity contribution in [3.8, 4) is 34.4 Å². The Labute approximate surface area is 459 Å². The lowest BCUT2D eigenvalue weighted by molar-refractivity contribution is -0.164. The Bertz CT molecular complexity index is 2800. The number of ketones is 1. The van der Waals surface area contributed by atoms with E-state index in [2.05, 4.69) is 36.8 Å². The molecule has 2 aromatic heterocycles. The molecule has 0 aliphatic carbocycles. The van der Waals surface area contributed by atoms with Crippen molar-refractivity contribution in [3.63, 3.8) is 0 Å². The number of benzene rings is 2. The van der Waals surface area contributed by atoms with Gasteiger partial charge in [-0.2, -0.15) is 5.26 Å². The van der Waals surface area contributed by atoms with Crippen LogP contribution in [0.15, 0.2) is 64.2 Å². The Balaban J connectivity index is 1.55. The molecule has 2 heterocycles. The highest BCUT2D eigenvalue weighted by molar-refractivity contribution is 7.98. The van der Waals surface area contributed by atoms with Crippen LogP contribution >= 0.6 is 23.4 Å². The summed E-state index contributed by atoms with van der Waals surface area (Å²) >= 11 is 7.21. The molecule has 0 radical (unpaired) electrons. The van der Waals surface area contributed by atoms with Gasteiger partial charge in [-0.3, -0.25) is 14.4 Å². The summed E-state index contributed by atoms with van der Waals surface area (Å²) in [6.45, 7) is 27.2. The molecule has 0 fully saturated rings. The van der Waals surface area contributed by atoms with E-state index in [1.165, 1.54) is 31.9 Å². The van der Waals surface area contributed by atoms with Crippen molar-refractivity contribution in [1.29, 1.82) is 5.26 Å². The molecule has 22 heteroatoms. The van der Waals surface area contributed by atoms with E-state index in [9.17, 15) is 34.0 Å². The second kappa shape index (κ2) is 28.1. The number of anilines is 1. The average Bonchev–Trinajstić information content (AvgIpc) is 3.84. The number of oxazole rings is 1. The summed E-state index contributed by atoms with van der Waals surface area (Å²) in [5.41, 5.74) is 6.67. The molecule has 4 aromatic rings. The smallest absolute Gasteiger partial charge is 0.408 e. The Morgan fingerprint density at radius 1 is 0.818 bits per heavy atom. The zero-order valence-corrected chi connectivity index (χ0v) is 47.1. The number of thioether (sulfide) groups is 1. The largest absolute Gasteiger partial charge is 0.490 e. The van der Waals surface area contributed by atoms with Crippen LogP contribution in [-0.4, -0.2) is 94.4 Å². The number of nitrogens with one attached hydrogen (secondary N) is 3. The van der Waals surface area contributed by atoms with E-state index in [0.717, 1.165) is 5.56 Å². The normalized spacial score (nSPS) is 14.1. The van der Waals surface area contributed by atoms with E-state index >= 15 is 0 Å². The monoisotopic (exact) mass is 1100 g/mol. The Morgan fingerprint density at radius 3 is 1.95 bits per heavy atom. The second-order valence-electron chi connectivity index (χ2n) is 20.4. The van der Waals surface area contributed by atoms with Gasteiger partial charge in [0.25, 0.3) is 0 Å². The third-order valence-corrected chi connectivity index (χ3v) is 12.9. The number of amides is 3. The number of carbonyl (C=O) groups is 6. The number of carbonyl (C=O) groups excluding carboxylic acids is 6. The molecule has 3 amide bonds. The summed E-state index contributed by atoms with van der Waals surface area (Å²) < 4.78 is 33.9. The van der Waals surface area contributed by atoms with Crippen molar-refractivity contribution in [2.24, 2.45) is 17.8 Å². The maximum atomic E-state index is 13.7. The lowest BCUT2D eigenvalue weighted by Gasteiger charge is -2.27. The summed E-state index contributed by atoms with van der Waals surface area (Å²) in [7, 11) is 0. The second-order valence-corrected chi connectivity index (χ2v) is 21.8. The molecular formula is C55H69ClN8O12S. The molecule has 4 rings (SSSR count). The van der Waals surface area contributed by atoms with Crippen LogP contribution in [0.4, 0.5) is 21.1 Å². The van der Waals surface area contributed by atoms with Gasteiger partial charge in [0.2, 0.25) is 17.5 Å². The Hall–Kier alpha value is -7.36. The third-order valence-electron chi connectivity index (χ3n) is 11.7. The first kappa shape index (κ1) is 62.2. The number of nitriles is 1. The van der Waals surface area contributed by atoms with Crippen LogP contribution in [0.25, 0.3) is 27.4 Å². The van der Waals surface area contributed by atoms with Crippen molar-refractivity contribution in [2.75, 3.05) is 18.9 Å². The van der Waals surface area contributed by atoms with E-state index in [0.29, 0.717) is 35.0 Å².